The van der Waals surface area contributed by atoms with Gasteiger partial charge in [-0.15, -0.1) is 0 Å². The monoisotopic (exact) mass is 301 g/mol. The molecule has 1 aliphatic heterocycles. The molecule has 7 heteroatoms. The number of rotatable bonds is 6. The number of aryl methyl sites for hydroxylation is 1. The molecule has 0 amide bonds. The molecule has 6 nitrogen and oxygen atoms in total. The van der Waals surface area contributed by atoms with E-state index in [0.717, 1.165) is 12.2 Å². The van der Waals surface area contributed by atoms with Gasteiger partial charge >= 0.3 is 5.97 Å². The van der Waals surface area contributed by atoms with Crippen molar-refractivity contribution in [2.24, 2.45) is 0 Å². The third kappa shape index (κ3) is 3.83. The SMILES string of the molecule is CCc1ccc(CN(CC(=O)O)C2CCS(=O)(=O)C2)o1. The van der Waals surface area contributed by atoms with E-state index in [0.29, 0.717) is 18.7 Å². The molecular formula is C13H19NO5S. The van der Waals surface area contributed by atoms with E-state index in [4.69, 9.17) is 9.52 Å². The fourth-order valence-corrected chi connectivity index (χ4v) is 4.21. The molecule has 112 valence electrons. The van der Waals surface area contributed by atoms with Gasteiger partial charge in [-0.05, 0) is 18.6 Å². The minimum atomic E-state index is -3.03. The van der Waals surface area contributed by atoms with Crippen LogP contribution in [-0.4, -0.2) is 48.5 Å². The van der Waals surface area contributed by atoms with Crippen molar-refractivity contribution in [2.45, 2.75) is 32.4 Å². The van der Waals surface area contributed by atoms with Crippen LogP contribution in [0.4, 0.5) is 0 Å². The van der Waals surface area contributed by atoms with Crippen molar-refractivity contribution in [3.63, 3.8) is 0 Å². The van der Waals surface area contributed by atoms with Gasteiger partial charge in [0.05, 0.1) is 24.6 Å². The predicted octanol–water partition coefficient (Wildman–Crippen LogP) is 0.916. The third-order valence-electron chi connectivity index (χ3n) is 3.49. The minimum absolute atomic E-state index is 0.0294. The van der Waals surface area contributed by atoms with Crippen LogP contribution in [0.1, 0.15) is 24.9 Å². The summed E-state index contributed by atoms with van der Waals surface area (Å²) in [7, 11) is -3.03. The van der Waals surface area contributed by atoms with Crippen LogP contribution >= 0.6 is 0 Å². The lowest BCUT2D eigenvalue weighted by Crippen LogP contribution is -2.39. The van der Waals surface area contributed by atoms with Crippen LogP contribution in [0, 0.1) is 0 Å². The molecule has 1 fully saturated rings. The van der Waals surface area contributed by atoms with Gasteiger partial charge in [0.2, 0.25) is 0 Å². The van der Waals surface area contributed by atoms with E-state index in [-0.39, 0.29) is 24.1 Å². The standard InChI is InChI=1S/C13H19NO5S/c1-2-11-3-4-12(19-11)7-14(8-13(15)16)10-5-6-20(17,18)9-10/h3-4,10H,2,5-9H2,1H3,(H,15,16). The Bertz CT molecular complexity index is 577. The zero-order chi connectivity index (χ0) is 14.8. The van der Waals surface area contributed by atoms with E-state index in [9.17, 15) is 13.2 Å². The summed E-state index contributed by atoms with van der Waals surface area (Å²) in [4.78, 5) is 12.6. The van der Waals surface area contributed by atoms with E-state index in [2.05, 4.69) is 0 Å². The van der Waals surface area contributed by atoms with Gasteiger partial charge in [-0.1, -0.05) is 6.92 Å². The molecular weight excluding hydrogens is 282 g/mol. The first-order valence-electron chi connectivity index (χ1n) is 6.63. The normalized spacial score (nSPS) is 21.4. The molecule has 1 aromatic heterocycles. The zero-order valence-corrected chi connectivity index (χ0v) is 12.2. The number of sulfone groups is 1. The molecule has 1 aliphatic rings. The molecule has 0 saturated carbocycles. The largest absolute Gasteiger partial charge is 0.480 e. The summed E-state index contributed by atoms with van der Waals surface area (Å²) < 4.78 is 28.6. The number of aliphatic carboxylic acids is 1. The second-order valence-electron chi connectivity index (χ2n) is 5.08. The lowest BCUT2D eigenvalue weighted by atomic mass is 10.2. The van der Waals surface area contributed by atoms with Crippen molar-refractivity contribution in [1.82, 2.24) is 4.90 Å². The highest BCUT2D eigenvalue weighted by Gasteiger charge is 2.33. The summed E-state index contributed by atoms with van der Waals surface area (Å²) in [6, 6.07) is 3.43. The van der Waals surface area contributed by atoms with Gasteiger partial charge in [0, 0.05) is 12.5 Å². The molecule has 0 spiro atoms. The maximum absolute atomic E-state index is 11.5. The van der Waals surface area contributed by atoms with E-state index in [1.807, 2.05) is 19.1 Å². The van der Waals surface area contributed by atoms with Gasteiger partial charge in [0.15, 0.2) is 9.84 Å². The first kappa shape index (κ1) is 15.1. The zero-order valence-electron chi connectivity index (χ0n) is 11.4. The summed E-state index contributed by atoms with van der Waals surface area (Å²) in [6.07, 6.45) is 1.26. The summed E-state index contributed by atoms with van der Waals surface area (Å²) in [5.41, 5.74) is 0. The van der Waals surface area contributed by atoms with Crippen LogP contribution in [0.25, 0.3) is 0 Å². The highest BCUT2D eigenvalue weighted by molar-refractivity contribution is 7.91. The Morgan fingerprint density at radius 1 is 1.45 bits per heavy atom. The number of hydrogen-bond acceptors (Lipinski definition) is 5. The van der Waals surface area contributed by atoms with Crippen molar-refractivity contribution in [3.05, 3.63) is 23.7 Å². The first-order valence-corrected chi connectivity index (χ1v) is 8.45. The second kappa shape index (κ2) is 5.97. The van der Waals surface area contributed by atoms with Crippen LogP contribution in [0.5, 0.6) is 0 Å². The van der Waals surface area contributed by atoms with Crippen molar-refractivity contribution >= 4 is 15.8 Å². The Hall–Kier alpha value is -1.34. The highest BCUT2D eigenvalue weighted by Crippen LogP contribution is 2.20. The number of nitrogens with zero attached hydrogens (tertiary/aromatic N) is 1. The molecule has 0 aromatic carbocycles. The number of hydrogen-bond donors (Lipinski definition) is 1. The first-order chi connectivity index (χ1) is 9.39. The molecule has 0 aliphatic carbocycles. The van der Waals surface area contributed by atoms with Gasteiger partial charge in [-0.25, -0.2) is 8.42 Å². The number of carbonyl (C=O) groups is 1. The average molecular weight is 301 g/mol. The number of carboxylic acid groups (broad SMARTS) is 1. The maximum Gasteiger partial charge on any atom is 0.317 e. The quantitative estimate of drug-likeness (QED) is 0.840. The Morgan fingerprint density at radius 3 is 2.65 bits per heavy atom. The van der Waals surface area contributed by atoms with E-state index < -0.39 is 15.8 Å². The third-order valence-corrected chi connectivity index (χ3v) is 5.24. The van der Waals surface area contributed by atoms with E-state index in [1.54, 1.807) is 4.90 Å². The predicted molar refractivity (Wildman–Crippen MR) is 73.2 cm³/mol. The number of furan rings is 1. The lowest BCUT2D eigenvalue weighted by Gasteiger charge is -2.25. The Labute approximate surface area is 118 Å². The van der Waals surface area contributed by atoms with Gasteiger partial charge in [-0.3, -0.25) is 9.69 Å². The smallest absolute Gasteiger partial charge is 0.317 e. The van der Waals surface area contributed by atoms with Crippen molar-refractivity contribution in [3.8, 4) is 0 Å². The molecule has 2 heterocycles. The lowest BCUT2D eigenvalue weighted by molar-refractivity contribution is -0.139. The Kier molecular flexibility index (Phi) is 4.49. The fraction of sp³-hybridized carbons (Fsp3) is 0.615. The van der Waals surface area contributed by atoms with Gasteiger partial charge in [-0.2, -0.15) is 0 Å². The van der Waals surface area contributed by atoms with Crippen LogP contribution in [0.2, 0.25) is 0 Å². The molecule has 1 atom stereocenters. The van der Waals surface area contributed by atoms with Gasteiger partial charge in [0.1, 0.15) is 11.5 Å². The summed E-state index contributed by atoms with van der Waals surface area (Å²) >= 11 is 0. The van der Waals surface area contributed by atoms with Gasteiger partial charge in [0.25, 0.3) is 0 Å². The van der Waals surface area contributed by atoms with Crippen LogP contribution in [0.15, 0.2) is 16.5 Å². The van der Waals surface area contributed by atoms with Crippen LogP contribution < -0.4 is 0 Å². The Morgan fingerprint density at radius 2 is 2.15 bits per heavy atom. The van der Waals surface area contributed by atoms with E-state index >= 15 is 0 Å². The Balaban J connectivity index is 2.09. The average Bonchev–Trinajstić information content (AvgIpc) is 2.94. The van der Waals surface area contributed by atoms with Crippen LogP contribution in [-0.2, 0) is 27.6 Å². The highest BCUT2D eigenvalue weighted by atomic mass is 32.2. The van der Waals surface area contributed by atoms with Crippen molar-refractivity contribution in [1.29, 1.82) is 0 Å². The molecule has 1 N–H and O–H groups in total. The van der Waals surface area contributed by atoms with E-state index in [1.165, 1.54) is 0 Å². The topological polar surface area (TPSA) is 87.8 Å². The fourth-order valence-electron chi connectivity index (χ4n) is 2.45. The number of carboxylic acids is 1. The summed E-state index contributed by atoms with van der Waals surface area (Å²) in [6.45, 7) is 2.12. The second-order valence-corrected chi connectivity index (χ2v) is 7.31. The van der Waals surface area contributed by atoms with Crippen molar-refractivity contribution in [2.75, 3.05) is 18.1 Å². The molecule has 0 bridgehead atoms. The molecule has 20 heavy (non-hydrogen) atoms. The maximum atomic E-state index is 11.5. The minimum Gasteiger partial charge on any atom is -0.480 e. The molecule has 1 unspecified atom stereocenters. The molecule has 1 aromatic rings. The van der Waals surface area contributed by atoms with Crippen LogP contribution in [0.3, 0.4) is 0 Å². The van der Waals surface area contributed by atoms with Gasteiger partial charge < -0.3 is 9.52 Å². The molecule has 2 rings (SSSR count). The van der Waals surface area contributed by atoms with Crippen molar-refractivity contribution < 1.29 is 22.7 Å². The molecule has 1 saturated heterocycles. The molecule has 0 radical (unpaired) electrons. The summed E-state index contributed by atoms with van der Waals surface area (Å²) in [5.74, 6) is 0.714. The summed E-state index contributed by atoms with van der Waals surface area (Å²) in [5, 5.41) is 8.98.